The molecule has 0 aromatic heterocycles. The van der Waals surface area contributed by atoms with Gasteiger partial charge in [-0.2, -0.15) is 6.42 Å². The maximum absolute atomic E-state index is 5.01. The summed E-state index contributed by atoms with van der Waals surface area (Å²) < 4.78 is 5.01. The Kier molecular flexibility index (Phi) is 7.03. The van der Waals surface area contributed by atoms with Crippen LogP contribution in [0, 0.1) is 6.42 Å². The van der Waals surface area contributed by atoms with Crippen molar-refractivity contribution in [1.82, 2.24) is 0 Å². The SMILES string of the molecule is [CH-]1CCCOC1.[K+]. The fourth-order valence-corrected chi connectivity index (χ4v) is 0.580. The van der Waals surface area contributed by atoms with Crippen molar-refractivity contribution in [3.63, 3.8) is 0 Å². The molecular weight excluding hydrogens is 115 g/mol. The zero-order valence-electron chi connectivity index (χ0n) is 4.81. The van der Waals surface area contributed by atoms with E-state index in [2.05, 4.69) is 6.42 Å². The van der Waals surface area contributed by atoms with Gasteiger partial charge >= 0.3 is 51.4 Å². The summed E-state index contributed by atoms with van der Waals surface area (Å²) >= 11 is 0. The van der Waals surface area contributed by atoms with Crippen LogP contribution in [0.15, 0.2) is 0 Å². The maximum atomic E-state index is 5.01. The van der Waals surface area contributed by atoms with Crippen LogP contribution < -0.4 is 51.4 Å². The minimum atomic E-state index is 0. The van der Waals surface area contributed by atoms with Crippen molar-refractivity contribution in [2.45, 2.75) is 12.8 Å². The first-order valence-electron chi connectivity index (χ1n) is 2.39. The Hall–Kier alpha value is 1.60. The molecule has 1 saturated heterocycles. The molecule has 7 heavy (non-hydrogen) atoms. The van der Waals surface area contributed by atoms with Gasteiger partial charge < -0.3 is 11.2 Å². The molecule has 1 aliphatic heterocycles. The predicted molar refractivity (Wildman–Crippen MR) is 24.4 cm³/mol. The first-order valence-corrected chi connectivity index (χ1v) is 2.39. The number of rotatable bonds is 0. The molecular formula is C5H9KO. The van der Waals surface area contributed by atoms with Crippen molar-refractivity contribution in [2.24, 2.45) is 0 Å². The van der Waals surface area contributed by atoms with E-state index in [1.54, 1.807) is 0 Å². The smallest absolute Gasteiger partial charge is 0.413 e. The van der Waals surface area contributed by atoms with E-state index in [1.807, 2.05) is 0 Å². The maximum Gasteiger partial charge on any atom is 1.00 e. The van der Waals surface area contributed by atoms with E-state index in [4.69, 9.17) is 4.74 Å². The Morgan fingerprint density at radius 3 is 2.43 bits per heavy atom. The molecule has 0 unspecified atom stereocenters. The molecule has 1 aliphatic rings. The van der Waals surface area contributed by atoms with Gasteiger partial charge in [0.25, 0.3) is 0 Å². The molecule has 0 bridgehead atoms. The fraction of sp³-hybridized carbons (Fsp3) is 0.800. The first-order chi connectivity index (χ1) is 3.00. The number of hydrogen-bond acceptors (Lipinski definition) is 1. The second-order valence-corrected chi connectivity index (χ2v) is 1.51. The van der Waals surface area contributed by atoms with Crippen LogP contribution in [0.4, 0.5) is 0 Å². The molecule has 1 heterocycles. The summed E-state index contributed by atoms with van der Waals surface area (Å²) in [7, 11) is 0. The molecule has 1 rings (SSSR count). The van der Waals surface area contributed by atoms with Crippen LogP contribution >= 0.6 is 0 Å². The molecule has 0 aliphatic carbocycles. The molecule has 0 atom stereocenters. The molecule has 0 aromatic carbocycles. The molecule has 36 valence electrons. The minimum Gasteiger partial charge on any atom is -0.413 e. The Balaban J connectivity index is 0.000000360. The topological polar surface area (TPSA) is 9.23 Å². The van der Waals surface area contributed by atoms with Crippen molar-refractivity contribution in [3.05, 3.63) is 6.42 Å². The van der Waals surface area contributed by atoms with Crippen molar-refractivity contribution in [1.29, 1.82) is 0 Å². The van der Waals surface area contributed by atoms with Gasteiger partial charge in [0.2, 0.25) is 0 Å². The van der Waals surface area contributed by atoms with Crippen LogP contribution in [-0.4, -0.2) is 13.2 Å². The first kappa shape index (κ1) is 8.60. The molecule has 0 amide bonds. The summed E-state index contributed by atoms with van der Waals surface area (Å²) in [5.74, 6) is 0. The van der Waals surface area contributed by atoms with Crippen molar-refractivity contribution in [2.75, 3.05) is 13.2 Å². The molecule has 0 saturated carbocycles. The average Bonchev–Trinajstić information content (AvgIpc) is 1.72. The standard InChI is InChI=1S/C5H9O.K/c1-2-4-6-5-3-1;/h2H,1,3-5H2;/q-1;+1. The van der Waals surface area contributed by atoms with Gasteiger partial charge in [0.1, 0.15) is 0 Å². The normalized spacial score (nSPS) is 20.6. The monoisotopic (exact) mass is 124 g/mol. The Bertz CT molecular complexity index is 23.6. The van der Waals surface area contributed by atoms with E-state index >= 15 is 0 Å². The molecule has 0 N–H and O–H groups in total. The van der Waals surface area contributed by atoms with Crippen LogP contribution in [-0.2, 0) is 4.74 Å². The molecule has 2 heteroatoms. The van der Waals surface area contributed by atoms with Crippen LogP contribution in [0.5, 0.6) is 0 Å². The van der Waals surface area contributed by atoms with Gasteiger partial charge in [-0.05, 0) is 0 Å². The summed E-state index contributed by atoms with van der Waals surface area (Å²) in [4.78, 5) is 0. The summed E-state index contributed by atoms with van der Waals surface area (Å²) in [5, 5.41) is 0. The fourth-order valence-electron chi connectivity index (χ4n) is 0.580. The average molecular weight is 124 g/mol. The summed E-state index contributed by atoms with van der Waals surface area (Å²) in [6.45, 7) is 1.84. The van der Waals surface area contributed by atoms with Gasteiger partial charge in [-0.1, -0.05) is 13.0 Å². The zero-order chi connectivity index (χ0) is 4.24. The second-order valence-electron chi connectivity index (χ2n) is 1.51. The summed E-state index contributed by atoms with van der Waals surface area (Å²) in [5.41, 5.74) is 0. The van der Waals surface area contributed by atoms with Crippen LogP contribution in [0.1, 0.15) is 12.8 Å². The van der Waals surface area contributed by atoms with Gasteiger partial charge in [0.05, 0.1) is 0 Å². The van der Waals surface area contributed by atoms with Gasteiger partial charge in [-0.15, -0.1) is 0 Å². The molecule has 0 spiro atoms. The molecule has 1 nitrogen and oxygen atoms in total. The Labute approximate surface area is 87.2 Å². The third kappa shape index (κ3) is 4.12. The molecule has 0 aromatic rings. The van der Waals surface area contributed by atoms with Gasteiger partial charge in [-0.25, -0.2) is 0 Å². The van der Waals surface area contributed by atoms with Gasteiger partial charge in [-0.3, -0.25) is 0 Å². The largest absolute Gasteiger partial charge is 1.00 e. The zero-order valence-corrected chi connectivity index (χ0v) is 7.94. The Morgan fingerprint density at radius 1 is 1.43 bits per heavy atom. The van der Waals surface area contributed by atoms with Crippen LogP contribution in [0.3, 0.4) is 0 Å². The van der Waals surface area contributed by atoms with Gasteiger partial charge in [0, 0.05) is 6.61 Å². The number of ether oxygens (including phenoxy) is 1. The van der Waals surface area contributed by atoms with E-state index in [0.29, 0.717) is 0 Å². The van der Waals surface area contributed by atoms with E-state index in [-0.39, 0.29) is 51.4 Å². The molecule has 1 fully saturated rings. The van der Waals surface area contributed by atoms with Gasteiger partial charge in [0.15, 0.2) is 0 Å². The predicted octanol–water partition coefficient (Wildman–Crippen LogP) is -1.99. The summed E-state index contributed by atoms with van der Waals surface area (Å²) in [6.07, 6.45) is 4.64. The van der Waals surface area contributed by atoms with Crippen molar-refractivity contribution < 1.29 is 56.1 Å². The third-order valence-electron chi connectivity index (χ3n) is 0.933. The third-order valence-corrected chi connectivity index (χ3v) is 0.933. The van der Waals surface area contributed by atoms with Crippen LogP contribution in [0.25, 0.3) is 0 Å². The molecule has 0 radical (unpaired) electrons. The van der Waals surface area contributed by atoms with Crippen LogP contribution in [0.2, 0.25) is 0 Å². The van der Waals surface area contributed by atoms with E-state index in [9.17, 15) is 0 Å². The van der Waals surface area contributed by atoms with E-state index in [0.717, 1.165) is 13.2 Å². The minimum absolute atomic E-state index is 0. The number of hydrogen-bond donors (Lipinski definition) is 0. The quantitative estimate of drug-likeness (QED) is 0.268. The van der Waals surface area contributed by atoms with Crippen molar-refractivity contribution >= 4 is 0 Å². The van der Waals surface area contributed by atoms with Crippen molar-refractivity contribution in [3.8, 4) is 0 Å². The van der Waals surface area contributed by atoms with E-state index in [1.165, 1.54) is 12.8 Å². The second kappa shape index (κ2) is 5.73. The Morgan fingerprint density at radius 2 is 2.29 bits per heavy atom. The van der Waals surface area contributed by atoms with E-state index < -0.39 is 0 Å². The summed E-state index contributed by atoms with van der Waals surface area (Å²) in [6, 6.07) is 0.